The van der Waals surface area contributed by atoms with E-state index in [2.05, 4.69) is 10.3 Å². The van der Waals surface area contributed by atoms with Crippen LogP contribution in [0, 0.1) is 0 Å². The lowest BCUT2D eigenvalue weighted by molar-refractivity contribution is 0.556. The summed E-state index contributed by atoms with van der Waals surface area (Å²) < 4.78 is 10.9. The number of furan rings is 1. The van der Waals surface area contributed by atoms with E-state index in [4.69, 9.17) is 8.83 Å². The minimum Gasteiger partial charge on any atom is -0.465 e. The molecule has 0 bridgehead atoms. The van der Waals surface area contributed by atoms with E-state index >= 15 is 0 Å². The van der Waals surface area contributed by atoms with E-state index in [1.807, 2.05) is 43.5 Å². The van der Waals surface area contributed by atoms with Gasteiger partial charge in [0.25, 0.3) is 0 Å². The molecule has 3 rings (SSSR count). The SMILES string of the molecule is CNCc1ccc2nc(/C=C\c3ccco3)oc2c1. The third kappa shape index (κ3) is 2.58. The molecule has 0 amide bonds. The van der Waals surface area contributed by atoms with Gasteiger partial charge >= 0.3 is 0 Å². The van der Waals surface area contributed by atoms with Crippen molar-refractivity contribution in [1.29, 1.82) is 0 Å². The molecule has 0 radical (unpaired) electrons. The minimum absolute atomic E-state index is 0.577. The Kier molecular flexibility index (Phi) is 3.16. The number of benzene rings is 1. The Morgan fingerprint density at radius 1 is 1.26 bits per heavy atom. The standard InChI is InChI=1S/C15H14N2O2/c1-16-10-11-4-6-13-14(9-11)19-15(17-13)7-5-12-3-2-8-18-12/h2-9,16H,10H2,1H3/b7-5-. The molecule has 0 unspecified atom stereocenters. The topological polar surface area (TPSA) is 51.2 Å². The molecule has 1 aromatic carbocycles. The molecule has 0 saturated heterocycles. The van der Waals surface area contributed by atoms with Gasteiger partial charge < -0.3 is 14.2 Å². The van der Waals surface area contributed by atoms with Crippen molar-refractivity contribution in [1.82, 2.24) is 10.3 Å². The molecule has 2 heterocycles. The van der Waals surface area contributed by atoms with Crippen LogP contribution in [0.2, 0.25) is 0 Å². The molecule has 0 aliphatic carbocycles. The van der Waals surface area contributed by atoms with Crippen molar-refractivity contribution in [2.45, 2.75) is 6.54 Å². The van der Waals surface area contributed by atoms with E-state index < -0.39 is 0 Å². The lowest BCUT2D eigenvalue weighted by Gasteiger charge is -1.97. The number of hydrogen-bond donors (Lipinski definition) is 1. The molecule has 19 heavy (non-hydrogen) atoms. The lowest BCUT2D eigenvalue weighted by Crippen LogP contribution is -2.04. The summed E-state index contributed by atoms with van der Waals surface area (Å²) in [5.41, 5.74) is 2.83. The third-order valence-electron chi connectivity index (χ3n) is 2.78. The molecule has 0 aliphatic heterocycles. The largest absolute Gasteiger partial charge is 0.465 e. The first-order valence-electron chi connectivity index (χ1n) is 6.11. The molecule has 1 N–H and O–H groups in total. The van der Waals surface area contributed by atoms with Gasteiger partial charge in [-0.15, -0.1) is 0 Å². The van der Waals surface area contributed by atoms with Crippen molar-refractivity contribution in [3.63, 3.8) is 0 Å². The second-order valence-corrected chi connectivity index (χ2v) is 4.23. The summed E-state index contributed by atoms with van der Waals surface area (Å²) in [4.78, 5) is 4.40. The number of nitrogens with one attached hydrogen (secondary N) is 1. The maximum absolute atomic E-state index is 5.69. The van der Waals surface area contributed by atoms with Crippen LogP contribution in [-0.4, -0.2) is 12.0 Å². The van der Waals surface area contributed by atoms with Crippen molar-refractivity contribution in [2.24, 2.45) is 0 Å². The highest BCUT2D eigenvalue weighted by atomic mass is 16.3. The Labute approximate surface area is 110 Å². The van der Waals surface area contributed by atoms with E-state index in [1.165, 1.54) is 5.56 Å². The fourth-order valence-corrected chi connectivity index (χ4v) is 1.91. The Hall–Kier alpha value is -2.33. The van der Waals surface area contributed by atoms with Gasteiger partial charge in [0.05, 0.1) is 6.26 Å². The second kappa shape index (κ2) is 5.12. The van der Waals surface area contributed by atoms with Gasteiger partial charge in [0.2, 0.25) is 5.89 Å². The summed E-state index contributed by atoms with van der Waals surface area (Å²) in [5, 5.41) is 3.11. The molecule has 3 aromatic rings. The van der Waals surface area contributed by atoms with Crippen molar-refractivity contribution in [3.05, 3.63) is 53.8 Å². The average Bonchev–Trinajstić information content (AvgIpc) is 3.05. The third-order valence-corrected chi connectivity index (χ3v) is 2.78. The van der Waals surface area contributed by atoms with Crippen molar-refractivity contribution < 1.29 is 8.83 Å². The molecule has 0 fully saturated rings. The Morgan fingerprint density at radius 2 is 2.21 bits per heavy atom. The first-order valence-corrected chi connectivity index (χ1v) is 6.11. The van der Waals surface area contributed by atoms with Crippen LogP contribution in [0.1, 0.15) is 17.2 Å². The maximum atomic E-state index is 5.69. The predicted octanol–water partition coefficient (Wildman–Crippen LogP) is 3.31. The lowest BCUT2D eigenvalue weighted by atomic mass is 10.2. The Balaban J connectivity index is 1.89. The van der Waals surface area contributed by atoms with E-state index in [0.29, 0.717) is 5.89 Å². The van der Waals surface area contributed by atoms with Gasteiger partial charge in [0, 0.05) is 12.6 Å². The summed E-state index contributed by atoms with van der Waals surface area (Å²) in [6.45, 7) is 0.814. The molecule has 96 valence electrons. The first-order chi connectivity index (χ1) is 9.35. The summed E-state index contributed by atoms with van der Waals surface area (Å²) >= 11 is 0. The predicted molar refractivity (Wildman–Crippen MR) is 74.4 cm³/mol. The molecule has 0 atom stereocenters. The molecular weight excluding hydrogens is 240 g/mol. The van der Waals surface area contributed by atoms with E-state index in [1.54, 1.807) is 12.3 Å². The van der Waals surface area contributed by atoms with Gasteiger partial charge in [0.15, 0.2) is 5.58 Å². The molecular formula is C15H14N2O2. The fourth-order valence-electron chi connectivity index (χ4n) is 1.91. The quantitative estimate of drug-likeness (QED) is 0.776. The molecule has 4 heteroatoms. The van der Waals surface area contributed by atoms with Crippen molar-refractivity contribution >= 4 is 23.3 Å². The summed E-state index contributed by atoms with van der Waals surface area (Å²) in [7, 11) is 1.92. The highest BCUT2D eigenvalue weighted by molar-refractivity contribution is 5.76. The number of oxazole rings is 1. The van der Waals surface area contributed by atoms with Gasteiger partial charge in [-0.05, 0) is 43.0 Å². The van der Waals surface area contributed by atoms with Gasteiger partial charge in [-0.2, -0.15) is 0 Å². The maximum Gasteiger partial charge on any atom is 0.220 e. The summed E-state index contributed by atoms with van der Waals surface area (Å²) in [6, 6.07) is 9.74. The van der Waals surface area contributed by atoms with Crippen LogP contribution >= 0.6 is 0 Å². The Bertz CT molecular complexity index is 696. The van der Waals surface area contributed by atoms with Crippen LogP contribution in [0.15, 0.2) is 45.4 Å². The zero-order valence-electron chi connectivity index (χ0n) is 10.6. The van der Waals surface area contributed by atoms with Crippen LogP contribution in [0.5, 0.6) is 0 Å². The molecule has 0 saturated carbocycles. The average molecular weight is 254 g/mol. The number of aromatic nitrogens is 1. The van der Waals surface area contributed by atoms with Gasteiger partial charge in [0.1, 0.15) is 11.3 Å². The monoisotopic (exact) mass is 254 g/mol. The van der Waals surface area contributed by atoms with Crippen LogP contribution in [0.25, 0.3) is 23.3 Å². The molecule has 0 spiro atoms. The van der Waals surface area contributed by atoms with Gasteiger partial charge in [-0.1, -0.05) is 6.07 Å². The van der Waals surface area contributed by atoms with Crippen LogP contribution in [0.3, 0.4) is 0 Å². The number of rotatable bonds is 4. The molecule has 0 aliphatic rings. The zero-order chi connectivity index (χ0) is 13.1. The molecule has 4 nitrogen and oxygen atoms in total. The van der Waals surface area contributed by atoms with Crippen LogP contribution in [0.4, 0.5) is 0 Å². The highest BCUT2D eigenvalue weighted by Gasteiger charge is 2.04. The highest BCUT2D eigenvalue weighted by Crippen LogP contribution is 2.19. The number of nitrogens with zero attached hydrogens (tertiary/aromatic N) is 1. The van der Waals surface area contributed by atoms with Gasteiger partial charge in [-0.25, -0.2) is 4.98 Å². The minimum atomic E-state index is 0.577. The first kappa shape index (κ1) is 11.7. The van der Waals surface area contributed by atoms with Crippen LogP contribution < -0.4 is 5.32 Å². The summed E-state index contributed by atoms with van der Waals surface area (Å²) in [5.74, 6) is 1.35. The second-order valence-electron chi connectivity index (χ2n) is 4.23. The Morgan fingerprint density at radius 3 is 3.00 bits per heavy atom. The molecule has 2 aromatic heterocycles. The van der Waals surface area contributed by atoms with E-state index in [9.17, 15) is 0 Å². The van der Waals surface area contributed by atoms with E-state index in [0.717, 1.165) is 23.4 Å². The summed E-state index contributed by atoms with van der Waals surface area (Å²) in [6.07, 6.45) is 5.27. The fraction of sp³-hybridized carbons (Fsp3) is 0.133. The number of hydrogen-bond acceptors (Lipinski definition) is 4. The van der Waals surface area contributed by atoms with E-state index in [-0.39, 0.29) is 0 Å². The van der Waals surface area contributed by atoms with Crippen molar-refractivity contribution in [2.75, 3.05) is 7.05 Å². The van der Waals surface area contributed by atoms with Gasteiger partial charge in [-0.3, -0.25) is 0 Å². The smallest absolute Gasteiger partial charge is 0.220 e. The zero-order valence-corrected chi connectivity index (χ0v) is 10.6. The number of fused-ring (bicyclic) bond motifs is 1. The van der Waals surface area contributed by atoms with Crippen molar-refractivity contribution in [3.8, 4) is 0 Å². The normalized spacial score (nSPS) is 11.6. The van der Waals surface area contributed by atoms with Crippen LogP contribution in [-0.2, 0) is 6.54 Å².